The van der Waals surface area contributed by atoms with Gasteiger partial charge in [-0.15, -0.1) is 0 Å². The van der Waals surface area contributed by atoms with Crippen LogP contribution in [0, 0.1) is 6.92 Å². The second-order valence-corrected chi connectivity index (χ2v) is 5.19. The van der Waals surface area contributed by atoms with E-state index in [4.69, 9.17) is 16.3 Å². The molecule has 3 heteroatoms. The minimum atomic E-state index is 0.695. The van der Waals surface area contributed by atoms with Gasteiger partial charge in [0.05, 0.1) is 6.61 Å². The van der Waals surface area contributed by atoms with Crippen LogP contribution in [-0.4, -0.2) is 6.61 Å². The molecule has 2 aromatic rings. The molecule has 0 aliphatic carbocycles. The fourth-order valence-corrected chi connectivity index (χ4v) is 2.34. The highest BCUT2D eigenvalue weighted by Gasteiger charge is 2.00. The van der Waals surface area contributed by atoms with Crippen LogP contribution < -0.4 is 10.1 Å². The van der Waals surface area contributed by atoms with Gasteiger partial charge in [0.2, 0.25) is 0 Å². The Morgan fingerprint density at radius 1 is 1.10 bits per heavy atom. The number of hydrogen-bond acceptors (Lipinski definition) is 2. The van der Waals surface area contributed by atoms with E-state index in [9.17, 15) is 0 Å². The SMILES string of the molecule is CCOc1cccc(CNCc2ccc(Cl)cc2C)c1. The van der Waals surface area contributed by atoms with Crippen LogP contribution in [0.15, 0.2) is 42.5 Å². The molecule has 0 aliphatic rings. The summed E-state index contributed by atoms with van der Waals surface area (Å²) in [6.07, 6.45) is 0. The van der Waals surface area contributed by atoms with Gasteiger partial charge in [-0.25, -0.2) is 0 Å². The van der Waals surface area contributed by atoms with Gasteiger partial charge in [-0.2, -0.15) is 0 Å². The first-order valence-corrected chi connectivity index (χ1v) is 7.24. The molecule has 0 radical (unpaired) electrons. The van der Waals surface area contributed by atoms with Gasteiger partial charge in [0.25, 0.3) is 0 Å². The molecule has 1 N–H and O–H groups in total. The predicted octanol–water partition coefficient (Wildman–Crippen LogP) is 4.34. The average Bonchev–Trinajstić information content (AvgIpc) is 2.42. The van der Waals surface area contributed by atoms with Crippen LogP contribution in [0.3, 0.4) is 0 Å². The lowest BCUT2D eigenvalue weighted by Gasteiger charge is -2.09. The van der Waals surface area contributed by atoms with Crippen LogP contribution in [-0.2, 0) is 13.1 Å². The van der Waals surface area contributed by atoms with Crippen molar-refractivity contribution < 1.29 is 4.74 Å². The molecule has 0 spiro atoms. The van der Waals surface area contributed by atoms with Crippen molar-refractivity contribution in [3.8, 4) is 5.75 Å². The van der Waals surface area contributed by atoms with Gasteiger partial charge in [0, 0.05) is 18.1 Å². The molecule has 0 aliphatic heterocycles. The number of benzene rings is 2. The van der Waals surface area contributed by atoms with Crippen LogP contribution in [0.25, 0.3) is 0 Å². The zero-order valence-electron chi connectivity index (χ0n) is 11.9. The first-order valence-electron chi connectivity index (χ1n) is 6.86. The molecule has 106 valence electrons. The maximum Gasteiger partial charge on any atom is 0.119 e. The summed E-state index contributed by atoms with van der Waals surface area (Å²) in [6.45, 7) is 6.43. The molecule has 0 atom stereocenters. The molecule has 0 saturated heterocycles. The molecule has 2 rings (SSSR count). The minimum Gasteiger partial charge on any atom is -0.494 e. The van der Waals surface area contributed by atoms with E-state index in [1.54, 1.807) is 0 Å². The van der Waals surface area contributed by atoms with E-state index in [1.165, 1.54) is 16.7 Å². The molecule has 0 amide bonds. The highest BCUT2D eigenvalue weighted by atomic mass is 35.5. The third-order valence-corrected chi connectivity index (χ3v) is 3.39. The first-order chi connectivity index (χ1) is 9.69. The van der Waals surface area contributed by atoms with Gasteiger partial charge in [-0.1, -0.05) is 29.8 Å². The molecule has 0 bridgehead atoms. The van der Waals surface area contributed by atoms with Gasteiger partial charge in [0.1, 0.15) is 5.75 Å². The lowest BCUT2D eigenvalue weighted by atomic mass is 10.1. The number of hydrogen-bond donors (Lipinski definition) is 1. The van der Waals surface area contributed by atoms with E-state index in [1.807, 2.05) is 31.2 Å². The van der Waals surface area contributed by atoms with E-state index in [-0.39, 0.29) is 0 Å². The Bertz CT molecular complexity index is 569. The lowest BCUT2D eigenvalue weighted by molar-refractivity contribution is 0.340. The topological polar surface area (TPSA) is 21.3 Å². The Morgan fingerprint density at radius 2 is 1.95 bits per heavy atom. The molecule has 2 aromatic carbocycles. The van der Waals surface area contributed by atoms with E-state index >= 15 is 0 Å². The van der Waals surface area contributed by atoms with Crippen molar-refractivity contribution in [2.75, 3.05) is 6.61 Å². The lowest BCUT2D eigenvalue weighted by Crippen LogP contribution is -2.13. The second-order valence-electron chi connectivity index (χ2n) is 4.75. The molecule has 0 fully saturated rings. The smallest absolute Gasteiger partial charge is 0.119 e. The van der Waals surface area contributed by atoms with Crippen molar-refractivity contribution in [1.82, 2.24) is 5.32 Å². The maximum atomic E-state index is 5.96. The molecule has 0 unspecified atom stereocenters. The summed E-state index contributed by atoms with van der Waals surface area (Å²) < 4.78 is 5.50. The van der Waals surface area contributed by atoms with Crippen LogP contribution >= 0.6 is 11.6 Å². The van der Waals surface area contributed by atoms with Crippen molar-refractivity contribution in [3.63, 3.8) is 0 Å². The predicted molar refractivity (Wildman–Crippen MR) is 84.3 cm³/mol. The van der Waals surface area contributed by atoms with Crippen molar-refractivity contribution in [1.29, 1.82) is 0 Å². The number of halogens is 1. The summed E-state index contributed by atoms with van der Waals surface area (Å²) in [6, 6.07) is 14.2. The Hall–Kier alpha value is -1.51. The molecular formula is C17H20ClNO. The zero-order chi connectivity index (χ0) is 14.4. The van der Waals surface area contributed by atoms with Crippen molar-refractivity contribution >= 4 is 11.6 Å². The Morgan fingerprint density at radius 3 is 2.70 bits per heavy atom. The molecule has 2 nitrogen and oxygen atoms in total. The summed E-state index contributed by atoms with van der Waals surface area (Å²) in [7, 11) is 0. The van der Waals surface area contributed by atoms with Crippen LogP contribution in [0.1, 0.15) is 23.6 Å². The van der Waals surface area contributed by atoms with E-state index in [0.717, 1.165) is 23.9 Å². The molecule has 0 heterocycles. The molecule has 0 aromatic heterocycles. The number of aryl methyl sites for hydroxylation is 1. The maximum absolute atomic E-state index is 5.96. The normalized spacial score (nSPS) is 10.6. The molecular weight excluding hydrogens is 270 g/mol. The van der Waals surface area contributed by atoms with Crippen LogP contribution in [0.4, 0.5) is 0 Å². The van der Waals surface area contributed by atoms with E-state index in [0.29, 0.717) is 6.61 Å². The summed E-state index contributed by atoms with van der Waals surface area (Å²) in [5.41, 5.74) is 3.71. The second kappa shape index (κ2) is 7.32. The third-order valence-electron chi connectivity index (χ3n) is 3.16. The Kier molecular flexibility index (Phi) is 5.45. The average molecular weight is 290 g/mol. The summed E-state index contributed by atoms with van der Waals surface area (Å²) in [4.78, 5) is 0. The third kappa shape index (κ3) is 4.26. The van der Waals surface area contributed by atoms with Crippen LogP contribution in [0.5, 0.6) is 5.75 Å². The van der Waals surface area contributed by atoms with Crippen molar-refractivity contribution in [2.24, 2.45) is 0 Å². The molecule has 20 heavy (non-hydrogen) atoms. The standard InChI is InChI=1S/C17H20ClNO/c1-3-20-17-6-4-5-14(10-17)11-19-12-15-7-8-16(18)9-13(15)2/h4-10,19H,3,11-12H2,1-2H3. The number of rotatable bonds is 6. The van der Waals surface area contributed by atoms with Gasteiger partial charge in [-0.05, 0) is 54.8 Å². The quantitative estimate of drug-likeness (QED) is 0.854. The first kappa shape index (κ1) is 14.9. The highest BCUT2D eigenvalue weighted by molar-refractivity contribution is 6.30. The minimum absolute atomic E-state index is 0.695. The van der Waals surface area contributed by atoms with Gasteiger partial charge in [-0.3, -0.25) is 0 Å². The monoisotopic (exact) mass is 289 g/mol. The van der Waals surface area contributed by atoms with Gasteiger partial charge >= 0.3 is 0 Å². The summed E-state index contributed by atoms with van der Waals surface area (Å²) >= 11 is 5.96. The largest absolute Gasteiger partial charge is 0.494 e. The number of ether oxygens (including phenoxy) is 1. The summed E-state index contributed by atoms with van der Waals surface area (Å²) in [5, 5.41) is 4.24. The highest BCUT2D eigenvalue weighted by Crippen LogP contribution is 2.16. The number of nitrogens with one attached hydrogen (secondary N) is 1. The van der Waals surface area contributed by atoms with E-state index < -0.39 is 0 Å². The Balaban J connectivity index is 1.90. The fourth-order valence-electron chi connectivity index (χ4n) is 2.11. The Labute approximate surface area is 125 Å². The van der Waals surface area contributed by atoms with Gasteiger partial charge < -0.3 is 10.1 Å². The van der Waals surface area contributed by atoms with Crippen molar-refractivity contribution in [2.45, 2.75) is 26.9 Å². The van der Waals surface area contributed by atoms with E-state index in [2.05, 4.69) is 30.4 Å². The van der Waals surface area contributed by atoms with Gasteiger partial charge in [0.15, 0.2) is 0 Å². The van der Waals surface area contributed by atoms with Crippen molar-refractivity contribution in [3.05, 3.63) is 64.2 Å². The molecule has 0 saturated carbocycles. The zero-order valence-corrected chi connectivity index (χ0v) is 12.7. The summed E-state index contributed by atoms with van der Waals surface area (Å²) in [5.74, 6) is 0.925. The van der Waals surface area contributed by atoms with Crippen LogP contribution in [0.2, 0.25) is 5.02 Å². The fraction of sp³-hybridized carbons (Fsp3) is 0.294.